The van der Waals surface area contributed by atoms with Crippen molar-refractivity contribution in [3.05, 3.63) is 23.8 Å². The van der Waals surface area contributed by atoms with Crippen molar-refractivity contribution in [3.8, 4) is 11.5 Å². The highest BCUT2D eigenvalue weighted by molar-refractivity contribution is 5.49. The van der Waals surface area contributed by atoms with Crippen LogP contribution in [0.3, 0.4) is 0 Å². The topological polar surface area (TPSA) is 33.7 Å². The molecule has 0 amide bonds. The van der Waals surface area contributed by atoms with Gasteiger partial charge in [-0.05, 0) is 6.07 Å². The molecule has 0 aliphatic carbocycles. The van der Waals surface area contributed by atoms with Gasteiger partial charge in [0.1, 0.15) is 19.9 Å². The first-order chi connectivity index (χ1) is 9.40. The van der Waals surface area contributed by atoms with Crippen molar-refractivity contribution in [2.45, 2.75) is 6.04 Å². The Labute approximate surface area is 112 Å². The number of alkyl halides is 1. The van der Waals surface area contributed by atoms with Crippen LogP contribution in [0.15, 0.2) is 18.2 Å². The highest BCUT2D eigenvalue weighted by atomic mass is 19.1. The summed E-state index contributed by atoms with van der Waals surface area (Å²) in [4.78, 5) is 2.17. The number of rotatable bonds is 3. The van der Waals surface area contributed by atoms with Crippen LogP contribution in [0.1, 0.15) is 11.6 Å². The van der Waals surface area contributed by atoms with Crippen molar-refractivity contribution in [1.29, 1.82) is 0 Å². The van der Waals surface area contributed by atoms with E-state index in [0.717, 1.165) is 43.2 Å². The molecule has 0 saturated carbocycles. The van der Waals surface area contributed by atoms with Gasteiger partial charge in [0.15, 0.2) is 11.5 Å². The highest BCUT2D eigenvalue weighted by Gasteiger charge is 2.27. The molecule has 1 aromatic carbocycles. The van der Waals surface area contributed by atoms with Gasteiger partial charge in [0.25, 0.3) is 0 Å². The molecule has 0 radical (unpaired) electrons. The second kappa shape index (κ2) is 5.75. The number of piperazine rings is 1. The fourth-order valence-corrected chi connectivity index (χ4v) is 2.73. The third-order valence-electron chi connectivity index (χ3n) is 3.69. The molecule has 1 fully saturated rings. The minimum atomic E-state index is -0.403. The summed E-state index contributed by atoms with van der Waals surface area (Å²) in [5.41, 5.74) is 0.904. The zero-order chi connectivity index (χ0) is 13.1. The summed E-state index contributed by atoms with van der Waals surface area (Å²) >= 11 is 0. The minimum Gasteiger partial charge on any atom is -0.486 e. The molecule has 3 rings (SSSR count). The zero-order valence-corrected chi connectivity index (χ0v) is 10.9. The van der Waals surface area contributed by atoms with E-state index in [0.29, 0.717) is 13.2 Å². The summed E-state index contributed by atoms with van der Waals surface area (Å²) in [6.07, 6.45) is 0. The van der Waals surface area contributed by atoms with Crippen LogP contribution in [0.2, 0.25) is 0 Å². The summed E-state index contributed by atoms with van der Waals surface area (Å²) in [7, 11) is 0. The molecule has 2 heterocycles. The van der Waals surface area contributed by atoms with E-state index < -0.39 is 6.67 Å². The summed E-state index contributed by atoms with van der Waals surface area (Å²) in [5, 5.41) is 3.29. The van der Waals surface area contributed by atoms with Crippen molar-refractivity contribution in [1.82, 2.24) is 10.2 Å². The van der Waals surface area contributed by atoms with Crippen molar-refractivity contribution in [2.75, 3.05) is 46.1 Å². The lowest BCUT2D eigenvalue weighted by atomic mass is 10.0. The zero-order valence-electron chi connectivity index (χ0n) is 10.9. The lowest BCUT2D eigenvalue weighted by Gasteiger charge is -2.35. The molecule has 104 valence electrons. The van der Waals surface area contributed by atoms with Crippen LogP contribution in [-0.2, 0) is 0 Å². The molecular formula is C14H19FN2O2. The predicted octanol–water partition coefficient (Wildman–Crippen LogP) is 1.37. The monoisotopic (exact) mass is 266 g/mol. The van der Waals surface area contributed by atoms with Gasteiger partial charge in [-0.3, -0.25) is 4.90 Å². The standard InChI is InChI=1S/C14H19FN2O2/c15-10-12(17-6-4-16-5-7-17)11-2-1-3-13-14(11)19-9-8-18-13/h1-3,12,16H,4-10H2/t12-/m1/s1. The van der Waals surface area contributed by atoms with Gasteiger partial charge in [-0.15, -0.1) is 0 Å². The average Bonchev–Trinajstić information content (AvgIpc) is 2.49. The average molecular weight is 266 g/mol. The SMILES string of the molecule is FC[C@H](c1cccc2c1OCCO2)N1CCNCC1. The number of hydrogen-bond acceptors (Lipinski definition) is 4. The molecule has 1 saturated heterocycles. The van der Waals surface area contributed by atoms with Crippen molar-refractivity contribution in [2.24, 2.45) is 0 Å². The highest BCUT2D eigenvalue weighted by Crippen LogP contribution is 2.39. The van der Waals surface area contributed by atoms with E-state index in [-0.39, 0.29) is 6.04 Å². The Bertz CT molecular complexity index is 435. The van der Waals surface area contributed by atoms with Crippen LogP contribution < -0.4 is 14.8 Å². The maximum atomic E-state index is 13.5. The van der Waals surface area contributed by atoms with Crippen LogP contribution in [0, 0.1) is 0 Å². The summed E-state index contributed by atoms with van der Waals surface area (Å²) in [6.45, 7) is 4.22. The largest absolute Gasteiger partial charge is 0.486 e. The second-order valence-corrected chi connectivity index (χ2v) is 4.83. The third-order valence-corrected chi connectivity index (χ3v) is 3.69. The number of para-hydroxylation sites is 1. The van der Waals surface area contributed by atoms with E-state index in [1.807, 2.05) is 18.2 Å². The van der Waals surface area contributed by atoms with E-state index in [1.54, 1.807) is 0 Å². The molecule has 1 N–H and O–H groups in total. The third kappa shape index (κ3) is 2.53. The van der Waals surface area contributed by atoms with Gasteiger partial charge >= 0.3 is 0 Å². The van der Waals surface area contributed by atoms with Crippen molar-refractivity contribution < 1.29 is 13.9 Å². The molecule has 0 bridgehead atoms. The van der Waals surface area contributed by atoms with Crippen LogP contribution in [0.4, 0.5) is 4.39 Å². The minimum absolute atomic E-state index is 0.237. The lowest BCUT2D eigenvalue weighted by Crippen LogP contribution is -2.45. The van der Waals surface area contributed by atoms with Gasteiger partial charge < -0.3 is 14.8 Å². The number of hydrogen-bond donors (Lipinski definition) is 1. The first kappa shape index (κ1) is 12.7. The van der Waals surface area contributed by atoms with E-state index in [2.05, 4.69) is 10.2 Å². The first-order valence-corrected chi connectivity index (χ1v) is 6.79. The smallest absolute Gasteiger partial charge is 0.166 e. The Kier molecular flexibility index (Phi) is 3.84. The molecule has 2 aliphatic rings. The van der Waals surface area contributed by atoms with Gasteiger partial charge in [-0.2, -0.15) is 0 Å². The number of ether oxygens (including phenoxy) is 2. The van der Waals surface area contributed by atoms with E-state index in [9.17, 15) is 4.39 Å². The summed E-state index contributed by atoms with van der Waals surface area (Å²) < 4.78 is 24.8. The molecule has 4 nitrogen and oxygen atoms in total. The van der Waals surface area contributed by atoms with Gasteiger partial charge in [-0.1, -0.05) is 12.1 Å². The second-order valence-electron chi connectivity index (χ2n) is 4.83. The Hall–Kier alpha value is -1.33. The number of nitrogens with zero attached hydrogens (tertiary/aromatic N) is 1. The fourth-order valence-electron chi connectivity index (χ4n) is 2.73. The Morgan fingerprint density at radius 3 is 2.79 bits per heavy atom. The molecular weight excluding hydrogens is 247 g/mol. The Morgan fingerprint density at radius 2 is 2.00 bits per heavy atom. The van der Waals surface area contributed by atoms with Crippen molar-refractivity contribution >= 4 is 0 Å². The van der Waals surface area contributed by atoms with Gasteiger partial charge in [0, 0.05) is 31.7 Å². The Balaban J connectivity index is 1.90. The van der Waals surface area contributed by atoms with E-state index in [1.165, 1.54) is 0 Å². The lowest BCUT2D eigenvalue weighted by molar-refractivity contribution is 0.133. The quantitative estimate of drug-likeness (QED) is 0.896. The summed E-state index contributed by atoms with van der Waals surface area (Å²) in [5.74, 6) is 1.45. The maximum Gasteiger partial charge on any atom is 0.166 e. The first-order valence-electron chi connectivity index (χ1n) is 6.79. The molecule has 5 heteroatoms. The van der Waals surface area contributed by atoms with Crippen LogP contribution >= 0.6 is 0 Å². The molecule has 19 heavy (non-hydrogen) atoms. The molecule has 2 aliphatic heterocycles. The number of fused-ring (bicyclic) bond motifs is 1. The molecule has 1 aromatic rings. The molecule has 0 unspecified atom stereocenters. The van der Waals surface area contributed by atoms with Crippen LogP contribution in [0.25, 0.3) is 0 Å². The van der Waals surface area contributed by atoms with Gasteiger partial charge in [0.2, 0.25) is 0 Å². The predicted molar refractivity (Wildman–Crippen MR) is 70.6 cm³/mol. The number of benzene rings is 1. The van der Waals surface area contributed by atoms with Crippen LogP contribution in [-0.4, -0.2) is 51.0 Å². The number of halogens is 1. The van der Waals surface area contributed by atoms with Gasteiger partial charge in [0.05, 0.1) is 6.04 Å². The van der Waals surface area contributed by atoms with Crippen LogP contribution in [0.5, 0.6) is 11.5 Å². The van der Waals surface area contributed by atoms with Gasteiger partial charge in [-0.25, -0.2) is 4.39 Å². The Morgan fingerprint density at radius 1 is 1.21 bits per heavy atom. The molecule has 0 spiro atoms. The normalized spacial score (nSPS) is 21.1. The molecule has 1 atom stereocenters. The molecule has 0 aromatic heterocycles. The van der Waals surface area contributed by atoms with E-state index in [4.69, 9.17) is 9.47 Å². The number of nitrogens with one attached hydrogen (secondary N) is 1. The maximum absolute atomic E-state index is 13.5. The summed E-state index contributed by atoms with van der Waals surface area (Å²) in [6, 6.07) is 5.50. The van der Waals surface area contributed by atoms with Crippen molar-refractivity contribution in [3.63, 3.8) is 0 Å². The van der Waals surface area contributed by atoms with E-state index >= 15 is 0 Å². The fraction of sp³-hybridized carbons (Fsp3) is 0.571.